The molecule has 454 valence electrons. The van der Waals surface area contributed by atoms with Crippen molar-refractivity contribution in [3.8, 4) is 0 Å². The Hall–Kier alpha value is -4.45. The van der Waals surface area contributed by atoms with E-state index in [0.717, 1.165) is 127 Å². The maximum absolute atomic E-state index is 13.8. The molecule has 7 aliphatic rings. The molecule has 0 radical (unpaired) electrons. The minimum atomic E-state index is -0.660. The van der Waals surface area contributed by atoms with Gasteiger partial charge in [-0.1, -0.05) is 86.0 Å². The maximum Gasteiger partial charge on any atom is 0.307 e. The zero-order chi connectivity index (χ0) is 59.0. The van der Waals surface area contributed by atoms with Gasteiger partial charge in [-0.2, -0.15) is 0 Å². The molecule has 4 N–H and O–H groups in total. The number of benzene rings is 2. The van der Waals surface area contributed by atoms with Gasteiger partial charge < -0.3 is 45.6 Å². The average Bonchev–Trinajstić information content (AvgIpc) is 3.20. The molecule has 5 atom stereocenters. The number of likely N-dealkylation sites (N-methyl/N-ethyl adjacent to an activating group) is 1. The van der Waals surface area contributed by atoms with Crippen LogP contribution in [-0.2, 0) is 46.4 Å². The summed E-state index contributed by atoms with van der Waals surface area (Å²) in [5, 5.41) is 19.4. The number of piperidine rings is 4. The summed E-state index contributed by atoms with van der Waals surface area (Å²) in [5.74, 6) is 0.277. The number of hydrogen-bond donors (Lipinski definition) is 4. The number of piperazine rings is 1. The number of hydrogen-bond acceptors (Lipinski definition) is 11. The summed E-state index contributed by atoms with van der Waals surface area (Å²) in [6.45, 7) is 11.5. The number of carboxylic acids is 1. The molecule has 5 aliphatic heterocycles. The first-order valence-electron chi connectivity index (χ1n) is 31.0. The zero-order valence-corrected chi connectivity index (χ0v) is 51.4. The molecule has 0 bridgehead atoms. The summed E-state index contributed by atoms with van der Waals surface area (Å²) in [4.78, 5) is 100. The van der Waals surface area contributed by atoms with E-state index in [1.54, 1.807) is 13.8 Å². The van der Waals surface area contributed by atoms with Crippen molar-refractivity contribution in [1.29, 1.82) is 0 Å². The van der Waals surface area contributed by atoms with Gasteiger partial charge >= 0.3 is 5.97 Å². The van der Waals surface area contributed by atoms with Crippen molar-refractivity contribution in [2.24, 2.45) is 34.5 Å². The number of halogens is 2. The summed E-state index contributed by atoms with van der Waals surface area (Å²) in [5.41, 5.74) is 1.32. The van der Waals surface area contributed by atoms with Gasteiger partial charge in [0.25, 0.3) is 0 Å². The quantitative estimate of drug-likeness (QED) is 0.135. The Bertz CT molecular complexity index is 2280. The SMILES string of the molecule is CC(=O)C1(C2CCCCC2)CCN(C(=O)[C@@H](Cc2ccc(Cl)cc2)NC(=O)[C@@H]2CN(C)CCN2)CC1.CC(=O)C1(C2CCCCC2)CCN(C(=O)[C@@H](Cc2ccc(Cl)cc2)NC(=O)[C@H]2CCCN(C)C2)CC1.CN1CCC[C@H](C(=O)O)C1. The Morgan fingerprint density at radius 2 is 0.915 bits per heavy atom. The number of nitrogens with one attached hydrogen (secondary N) is 3. The molecule has 16 nitrogen and oxygen atoms in total. The molecular formula is C64H96Cl2N8O8. The molecular weight excluding hydrogens is 1080 g/mol. The summed E-state index contributed by atoms with van der Waals surface area (Å²) in [6, 6.07) is 13.3. The normalized spacial score (nSPS) is 24.7. The monoisotopic (exact) mass is 1170 g/mol. The fourth-order valence-corrected chi connectivity index (χ4v) is 14.8. The average molecular weight is 1180 g/mol. The maximum atomic E-state index is 13.8. The highest BCUT2D eigenvalue weighted by molar-refractivity contribution is 6.30. The molecule has 0 aromatic heterocycles. The Morgan fingerprint density at radius 3 is 1.29 bits per heavy atom. The van der Waals surface area contributed by atoms with E-state index in [4.69, 9.17) is 28.3 Å². The highest BCUT2D eigenvalue weighted by Gasteiger charge is 2.48. The molecule has 5 saturated heterocycles. The van der Waals surface area contributed by atoms with Gasteiger partial charge in [0.1, 0.15) is 23.7 Å². The Balaban J connectivity index is 0.000000202. The van der Waals surface area contributed by atoms with Gasteiger partial charge in [0.05, 0.1) is 17.9 Å². The Kier molecular flexibility index (Phi) is 24.7. The van der Waals surface area contributed by atoms with Crippen molar-refractivity contribution in [2.75, 3.05) is 93.1 Å². The second-order valence-corrected chi connectivity index (χ2v) is 26.2. The Morgan fingerprint density at radius 1 is 0.524 bits per heavy atom. The smallest absolute Gasteiger partial charge is 0.307 e. The van der Waals surface area contributed by atoms with Crippen LogP contribution in [0.2, 0.25) is 10.0 Å². The predicted octanol–water partition coefficient (Wildman–Crippen LogP) is 7.95. The molecule has 18 heteroatoms. The molecule has 0 unspecified atom stereocenters. The van der Waals surface area contributed by atoms with E-state index in [2.05, 4.69) is 30.7 Å². The summed E-state index contributed by atoms with van der Waals surface area (Å²) in [7, 11) is 6.00. The summed E-state index contributed by atoms with van der Waals surface area (Å²) < 4.78 is 0. The fraction of sp³-hybridized carbons (Fsp3) is 0.703. The van der Waals surface area contributed by atoms with Crippen molar-refractivity contribution >= 4 is 64.4 Å². The van der Waals surface area contributed by atoms with Crippen LogP contribution >= 0.6 is 23.2 Å². The van der Waals surface area contributed by atoms with E-state index in [0.29, 0.717) is 67.4 Å². The van der Waals surface area contributed by atoms with Crippen LogP contribution in [0.5, 0.6) is 0 Å². The molecule has 0 spiro atoms. The highest BCUT2D eigenvalue weighted by Crippen LogP contribution is 2.48. The molecule has 2 aromatic carbocycles. The van der Waals surface area contributed by atoms with E-state index in [1.165, 1.54) is 38.5 Å². The fourth-order valence-electron chi connectivity index (χ4n) is 14.6. The number of carbonyl (C=O) groups excluding carboxylic acids is 6. The van der Waals surface area contributed by atoms with Gasteiger partial charge in [-0.05, 0) is 172 Å². The predicted molar refractivity (Wildman–Crippen MR) is 323 cm³/mol. The van der Waals surface area contributed by atoms with Crippen molar-refractivity contribution < 1.29 is 38.7 Å². The molecule has 7 fully saturated rings. The van der Waals surface area contributed by atoms with Crippen LogP contribution in [0, 0.1) is 34.5 Å². The Labute approximate surface area is 498 Å². The van der Waals surface area contributed by atoms with Crippen molar-refractivity contribution in [1.82, 2.24) is 40.4 Å². The third kappa shape index (κ3) is 17.8. The molecule has 5 heterocycles. The molecule has 2 aromatic rings. The molecule has 82 heavy (non-hydrogen) atoms. The number of carboxylic acid groups (broad SMARTS) is 1. The van der Waals surface area contributed by atoms with E-state index < -0.39 is 18.1 Å². The third-order valence-corrected chi connectivity index (χ3v) is 20.2. The van der Waals surface area contributed by atoms with Crippen molar-refractivity contribution in [2.45, 2.75) is 160 Å². The van der Waals surface area contributed by atoms with Crippen LogP contribution < -0.4 is 16.0 Å². The summed E-state index contributed by atoms with van der Waals surface area (Å²) >= 11 is 12.1. The zero-order valence-electron chi connectivity index (χ0n) is 49.9. The van der Waals surface area contributed by atoms with Gasteiger partial charge in [-0.25, -0.2) is 0 Å². The van der Waals surface area contributed by atoms with Crippen molar-refractivity contribution in [3.63, 3.8) is 0 Å². The van der Waals surface area contributed by atoms with Crippen LogP contribution in [0.4, 0.5) is 0 Å². The minimum Gasteiger partial charge on any atom is -0.481 e. The van der Waals surface area contributed by atoms with Crippen LogP contribution in [0.15, 0.2) is 48.5 Å². The first-order valence-corrected chi connectivity index (χ1v) is 31.7. The number of rotatable bonds is 15. The van der Waals surface area contributed by atoms with Gasteiger partial charge in [0.15, 0.2) is 0 Å². The van der Waals surface area contributed by atoms with E-state index in [-0.39, 0.29) is 63.9 Å². The number of amides is 4. The third-order valence-electron chi connectivity index (χ3n) is 19.7. The van der Waals surface area contributed by atoms with Crippen LogP contribution in [0.25, 0.3) is 0 Å². The molecule has 9 rings (SSSR count). The van der Waals surface area contributed by atoms with Crippen LogP contribution in [-0.4, -0.2) is 182 Å². The van der Waals surface area contributed by atoms with Gasteiger partial charge in [0.2, 0.25) is 23.6 Å². The van der Waals surface area contributed by atoms with E-state index in [1.807, 2.05) is 79.5 Å². The molecule has 4 amide bonds. The first-order chi connectivity index (χ1) is 39.3. The lowest BCUT2D eigenvalue weighted by molar-refractivity contribution is -0.144. The first kappa shape index (κ1) is 65.1. The molecule has 2 aliphatic carbocycles. The number of likely N-dealkylation sites (tertiary alicyclic amines) is 4. The van der Waals surface area contributed by atoms with Gasteiger partial charge in [-0.3, -0.25) is 33.6 Å². The highest BCUT2D eigenvalue weighted by atomic mass is 35.5. The minimum absolute atomic E-state index is 0.0360. The van der Waals surface area contributed by atoms with Crippen LogP contribution in [0.1, 0.15) is 141 Å². The number of carbonyl (C=O) groups is 7. The second-order valence-electron chi connectivity index (χ2n) is 25.3. The van der Waals surface area contributed by atoms with Crippen molar-refractivity contribution in [3.05, 3.63) is 69.7 Å². The summed E-state index contributed by atoms with van der Waals surface area (Å²) in [6.07, 6.45) is 19.2. The lowest BCUT2D eigenvalue weighted by atomic mass is 9.62. The number of ketones is 2. The van der Waals surface area contributed by atoms with Gasteiger partial charge in [0, 0.05) is 92.6 Å². The number of nitrogens with zero attached hydrogens (tertiary/aromatic N) is 5. The lowest BCUT2D eigenvalue weighted by Gasteiger charge is -2.47. The van der Waals surface area contributed by atoms with E-state index >= 15 is 0 Å². The largest absolute Gasteiger partial charge is 0.481 e. The second kappa shape index (κ2) is 31.1. The van der Waals surface area contributed by atoms with Gasteiger partial charge in [-0.15, -0.1) is 0 Å². The number of Topliss-reactive ketones (excluding diaryl/α,β-unsaturated/α-hetero) is 2. The standard InChI is InChI=1S/C29H42ClN3O3.C28H41ClN4O3.C7H13NO2/c1-21(34)29(24-8-4-3-5-9-24)14-17-33(18-15-29)28(36)26(19-22-10-12-25(30)13-11-22)31-27(35)23-7-6-16-32(2)20-23;1-20(34)28(22-6-4-3-5-7-22)12-15-33(16-13-28)27(36)24(18-21-8-10-23(29)11-9-21)31-26(35)25-19-32(2)17-14-30-25;1-8-4-2-3-6(5-8)7(9)10/h10-13,23-24,26H,3-9,14-20H2,1-2H3,(H,31,35);8-11,22,24-25,30H,3-7,12-19H2,1-2H3,(H,31,35);6H,2-5H2,1H3,(H,9,10)/t23-,26+;24-,25+;6-/m010/s1. The number of aliphatic carboxylic acids is 1. The van der Waals surface area contributed by atoms with E-state index in [9.17, 15) is 33.6 Å². The molecule has 2 saturated carbocycles. The van der Waals surface area contributed by atoms with Crippen LogP contribution in [0.3, 0.4) is 0 Å². The lowest BCUT2D eigenvalue weighted by Crippen LogP contribution is -2.60. The topological polar surface area (TPSA) is 192 Å².